The second kappa shape index (κ2) is 12.5. The van der Waals surface area contributed by atoms with E-state index in [2.05, 4.69) is 10.4 Å². The Morgan fingerprint density at radius 1 is 1.02 bits per heavy atom. The number of hydrogen-bond acceptors (Lipinski definition) is 8. The molecule has 0 N–H and O–H groups in total. The Morgan fingerprint density at radius 3 is 2.36 bits per heavy atom. The van der Waals surface area contributed by atoms with Crippen molar-refractivity contribution in [1.82, 2.24) is 24.7 Å². The van der Waals surface area contributed by atoms with Gasteiger partial charge in [0, 0.05) is 49.2 Å². The SMILES string of the molecule is CCOC(=O)N1CCN(c2ccc(N(C(=O)n3nnn(-c4c(F)cccc4F)c3=O)C3CCCCC3)cc2C=O)CC1. The molecule has 5 rings (SSSR count). The van der Waals surface area contributed by atoms with Crippen LogP contribution in [0.1, 0.15) is 49.4 Å². The fraction of sp³-hybridized carbons (Fsp3) is 0.429. The quantitative estimate of drug-likeness (QED) is 0.319. The van der Waals surface area contributed by atoms with E-state index in [1.807, 2.05) is 4.90 Å². The van der Waals surface area contributed by atoms with Crippen molar-refractivity contribution >= 4 is 29.8 Å². The summed E-state index contributed by atoms with van der Waals surface area (Å²) in [4.78, 5) is 56.3. The molecular weight excluding hydrogens is 552 g/mol. The van der Waals surface area contributed by atoms with Crippen LogP contribution in [0.2, 0.25) is 0 Å². The van der Waals surface area contributed by atoms with Crippen molar-refractivity contribution in [1.29, 1.82) is 0 Å². The number of halogens is 2. The third kappa shape index (κ3) is 5.60. The minimum atomic E-state index is -1.13. The van der Waals surface area contributed by atoms with Crippen LogP contribution >= 0.6 is 0 Å². The molecule has 0 radical (unpaired) electrons. The van der Waals surface area contributed by atoms with Gasteiger partial charge in [0.2, 0.25) is 0 Å². The van der Waals surface area contributed by atoms with Crippen molar-refractivity contribution in [3.63, 3.8) is 0 Å². The van der Waals surface area contributed by atoms with Crippen molar-refractivity contribution in [2.24, 2.45) is 0 Å². The number of para-hydroxylation sites is 1. The molecular formula is C28H31F2N7O5. The summed E-state index contributed by atoms with van der Waals surface area (Å²) < 4.78 is 34.7. The number of piperazine rings is 1. The number of aldehydes is 1. The summed E-state index contributed by atoms with van der Waals surface area (Å²) in [5, 5.41) is 7.23. The molecule has 222 valence electrons. The Hall–Kier alpha value is -4.62. The Kier molecular flexibility index (Phi) is 8.59. The molecule has 2 amide bonds. The highest BCUT2D eigenvalue weighted by Crippen LogP contribution is 2.32. The number of hydrogen-bond donors (Lipinski definition) is 0. The van der Waals surface area contributed by atoms with Gasteiger partial charge in [0.05, 0.1) is 6.61 Å². The van der Waals surface area contributed by atoms with Gasteiger partial charge in [0.1, 0.15) is 5.69 Å². The van der Waals surface area contributed by atoms with Crippen molar-refractivity contribution in [2.45, 2.75) is 45.1 Å². The molecule has 3 aromatic rings. The molecule has 14 heteroatoms. The molecule has 0 bridgehead atoms. The topological polar surface area (TPSA) is 123 Å². The number of rotatable bonds is 6. The van der Waals surface area contributed by atoms with Crippen LogP contribution < -0.4 is 15.5 Å². The zero-order valence-corrected chi connectivity index (χ0v) is 23.1. The molecule has 2 fully saturated rings. The van der Waals surface area contributed by atoms with E-state index in [1.54, 1.807) is 30.0 Å². The van der Waals surface area contributed by atoms with Crippen LogP contribution in [0.3, 0.4) is 0 Å². The molecule has 2 heterocycles. The van der Waals surface area contributed by atoms with Crippen molar-refractivity contribution in [3.8, 4) is 5.69 Å². The van der Waals surface area contributed by atoms with Gasteiger partial charge in [-0.1, -0.05) is 25.3 Å². The minimum absolute atomic E-state index is 0.286. The minimum Gasteiger partial charge on any atom is -0.450 e. The standard InChI is InChI=1S/C28H31F2N7O5/c1-2-42-28(41)34-15-13-33(14-16-34)24-12-11-21(17-19(24)18-38)35(20-7-4-3-5-8-20)26(39)37-27(40)36(31-32-37)25-22(29)9-6-10-23(25)30/h6,9-12,17-18,20H,2-5,7-8,13-16H2,1H3. The number of benzene rings is 2. The van der Waals surface area contributed by atoms with Gasteiger partial charge in [0.15, 0.2) is 17.9 Å². The Bertz CT molecular complexity index is 1510. The molecule has 1 aliphatic carbocycles. The summed E-state index contributed by atoms with van der Waals surface area (Å²) in [7, 11) is 0. The number of aromatic nitrogens is 4. The van der Waals surface area contributed by atoms with E-state index >= 15 is 0 Å². The number of carbonyl (C=O) groups is 3. The van der Waals surface area contributed by atoms with Gasteiger partial charge in [0.25, 0.3) is 0 Å². The number of carbonyl (C=O) groups excluding carboxylic acids is 3. The lowest BCUT2D eigenvalue weighted by Crippen LogP contribution is -2.49. The zero-order chi connectivity index (χ0) is 29.8. The van der Waals surface area contributed by atoms with Crippen molar-refractivity contribution < 1.29 is 27.9 Å². The van der Waals surface area contributed by atoms with E-state index in [-0.39, 0.29) is 18.7 Å². The average Bonchev–Trinajstić information content (AvgIpc) is 3.38. The molecule has 2 aliphatic rings. The maximum Gasteiger partial charge on any atom is 0.409 e. The Labute approximate surface area is 240 Å². The molecule has 1 saturated carbocycles. The van der Waals surface area contributed by atoms with E-state index in [0.29, 0.717) is 71.6 Å². The van der Waals surface area contributed by atoms with E-state index < -0.39 is 29.0 Å². The highest BCUT2D eigenvalue weighted by atomic mass is 19.1. The van der Waals surface area contributed by atoms with Gasteiger partial charge < -0.3 is 14.5 Å². The predicted molar refractivity (Wildman–Crippen MR) is 148 cm³/mol. The van der Waals surface area contributed by atoms with Crippen LogP contribution in [0, 0.1) is 11.6 Å². The summed E-state index contributed by atoms with van der Waals surface area (Å²) in [6.07, 6.45) is 4.35. The molecule has 1 saturated heterocycles. The normalized spacial score (nSPS) is 15.9. The van der Waals surface area contributed by atoms with Gasteiger partial charge in [-0.2, -0.15) is 4.68 Å². The van der Waals surface area contributed by atoms with Crippen LogP contribution in [0.15, 0.2) is 41.2 Å². The van der Waals surface area contributed by atoms with Crippen LogP contribution in [-0.2, 0) is 4.74 Å². The van der Waals surface area contributed by atoms with Crippen LogP contribution in [0.4, 0.5) is 29.7 Å². The van der Waals surface area contributed by atoms with E-state index in [9.17, 15) is 28.0 Å². The predicted octanol–water partition coefficient (Wildman–Crippen LogP) is 3.61. The first-order valence-corrected chi connectivity index (χ1v) is 13.9. The highest BCUT2D eigenvalue weighted by Gasteiger charge is 2.32. The summed E-state index contributed by atoms with van der Waals surface area (Å²) in [5.41, 5.74) is -0.513. The number of ether oxygens (including phenoxy) is 1. The lowest BCUT2D eigenvalue weighted by atomic mass is 9.93. The maximum atomic E-state index is 14.4. The third-order valence-electron chi connectivity index (χ3n) is 7.62. The molecule has 1 aromatic heterocycles. The summed E-state index contributed by atoms with van der Waals surface area (Å²) >= 11 is 0. The number of tetrazole rings is 1. The summed E-state index contributed by atoms with van der Waals surface area (Å²) in [6, 6.07) is 6.95. The smallest absolute Gasteiger partial charge is 0.409 e. The highest BCUT2D eigenvalue weighted by molar-refractivity contribution is 5.96. The molecule has 1 aliphatic heterocycles. The van der Waals surface area contributed by atoms with Gasteiger partial charge >= 0.3 is 17.8 Å². The fourth-order valence-electron chi connectivity index (χ4n) is 5.54. The van der Waals surface area contributed by atoms with Crippen molar-refractivity contribution in [3.05, 3.63) is 64.1 Å². The average molecular weight is 584 g/mol. The lowest BCUT2D eigenvalue weighted by Gasteiger charge is -2.37. The second-order valence-electron chi connectivity index (χ2n) is 10.1. The molecule has 2 aromatic carbocycles. The molecule has 42 heavy (non-hydrogen) atoms. The van der Waals surface area contributed by atoms with Gasteiger partial charge in [-0.15, -0.1) is 4.68 Å². The van der Waals surface area contributed by atoms with Crippen LogP contribution in [0.25, 0.3) is 5.69 Å². The van der Waals surface area contributed by atoms with Crippen molar-refractivity contribution in [2.75, 3.05) is 42.6 Å². The number of nitrogens with zero attached hydrogens (tertiary/aromatic N) is 7. The fourth-order valence-corrected chi connectivity index (χ4v) is 5.54. The zero-order valence-electron chi connectivity index (χ0n) is 23.1. The maximum absolute atomic E-state index is 14.4. The first-order chi connectivity index (χ1) is 20.3. The lowest BCUT2D eigenvalue weighted by molar-refractivity contribution is 0.105. The third-order valence-corrected chi connectivity index (χ3v) is 7.62. The number of anilines is 2. The van der Waals surface area contributed by atoms with E-state index in [0.717, 1.165) is 37.5 Å². The van der Waals surface area contributed by atoms with Gasteiger partial charge in [-0.3, -0.25) is 9.69 Å². The van der Waals surface area contributed by atoms with Crippen LogP contribution in [0.5, 0.6) is 0 Å². The monoisotopic (exact) mass is 583 g/mol. The second-order valence-corrected chi connectivity index (χ2v) is 10.1. The van der Waals surface area contributed by atoms with Gasteiger partial charge in [-0.05, 0) is 60.5 Å². The van der Waals surface area contributed by atoms with E-state index in [4.69, 9.17) is 4.74 Å². The Balaban J connectivity index is 1.46. The summed E-state index contributed by atoms with van der Waals surface area (Å²) in [5.74, 6) is -2.06. The van der Waals surface area contributed by atoms with Crippen LogP contribution in [-0.4, -0.2) is 81.9 Å². The van der Waals surface area contributed by atoms with E-state index in [1.165, 1.54) is 4.90 Å². The number of amides is 2. The first-order valence-electron chi connectivity index (χ1n) is 13.9. The molecule has 0 unspecified atom stereocenters. The molecule has 0 spiro atoms. The summed E-state index contributed by atoms with van der Waals surface area (Å²) in [6.45, 7) is 3.84. The van der Waals surface area contributed by atoms with Gasteiger partial charge in [-0.25, -0.2) is 23.2 Å². The first kappa shape index (κ1) is 28.9. The largest absolute Gasteiger partial charge is 0.450 e. The molecule has 12 nitrogen and oxygen atoms in total. The molecule has 0 atom stereocenters. The Morgan fingerprint density at radius 2 is 1.71 bits per heavy atom.